The summed E-state index contributed by atoms with van der Waals surface area (Å²) < 4.78 is 71.4. The van der Waals surface area contributed by atoms with Gasteiger partial charge in [-0.2, -0.15) is 0 Å². The monoisotopic (exact) mass is 781 g/mol. The molecule has 0 aliphatic heterocycles. The van der Waals surface area contributed by atoms with Crippen LogP contribution in [0.4, 0.5) is 17.6 Å². The lowest BCUT2D eigenvalue weighted by atomic mass is 10.1. The number of halogens is 4. The average molecular weight is 782 g/mol. The van der Waals surface area contributed by atoms with Crippen molar-refractivity contribution in [1.82, 2.24) is 35.4 Å². The van der Waals surface area contributed by atoms with E-state index in [4.69, 9.17) is 9.47 Å². The Morgan fingerprint density at radius 1 is 0.759 bits per heavy atom. The zero-order chi connectivity index (χ0) is 38.5. The van der Waals surface area contributed by atoms with Gasteiger partial charge in [0, 0.05) is 12.7 Å². The van der Waals surface area contributed by atoms with Gasteiger partial charge in [0.1, 0.15) is 56.3 Å². The van der Waals surface area contributed by atoms with Crippen LogP contribution in [0, 0.1) is 30.2 Å². The van der Waals surface area contributed by atoms with E-state index in [0.717, 1.165) is 45.6 Å². The van der Waals surface area contributed by atoms with Crippen LogP contribution in [0.5, 0.6) is 11.5 Å². The number of nitrogens with one attached hydrogen (secondary N) is 2. The molecule has 3 aromatic heterocycles. The highest BCUT2D eigenvalue weighted by Crippen LogP contribution is 2.29. The van der Waals surface area contributed by atoms with Gasteiger partial charge in [0.25, 0.3) is 11.8 Å². The van der Waals surface area contributed by atoms with Gasteiger partial charge in [-0.25, -0.2) is 32.5 Å². The van der Waals surface area contributed by atoms with E-state index in [9.17, 15) is 18.4 Å². The summed E-state index contributed by atoms with van der Waals surface area (Å²) in [5.41, 5.74) is 1.80. The van der Waals surface area contributed by atoms with Crippen molar-refractivity contribution < 1.29 is 36.6 Å². The zero-order valence-corrected chi connectivity index (χ0v) is 31.3. The number of amides is 2. The molecule has 17 heteroatoms. The summed E-state index contributed by atoms with van der Waals surface area (Å²) in [5.74, 6) is -6.63. The molecule has 54 heavy (non-hydrogen) atoms. The Kier molecular flexibility index (Phi) is 12.0. The number of carbonyl (C=O) groups excluding carboxylic acids is 2. The van der Waals surface area contributed by atoms with Crippen molar-refractivity contribution in [2.75, 3.05) is 41.0 Å². The maximum atomic E-state index is 15.3. The van der Waals surface area contributed by atoms with E-state index in [1.807, 2.05) is 31.2 Å². The molecule has 0 radical (unpaired) electrons. The van der Waals surface area contributed by atoms with Crippen LogP contribution in [0.15, 0.2) is 54.7 Å². The molecule has 6 aromatic rings. The Balaban J connectivity index is 1.01. The fraction of sp³-hybridized carbons (Fsp3) is 0.270. The van der Waals surface area contributed by atoms with Gasteiger partial charge < -0.3 is 20.1 Å². The highest BCUT2D eigenvalue weighted by molar-refractivity contribution is 7.18. The SMILES string of the molecule is Cc1ccc2sc(COc3ccc(F)c(C(=O)NCN(C)CCc4cnc5sc(COc6ccc(F)c(C(=O)NCN(C)C)c6F)nc5c4)c3F)nc2c1. The van der Waals surface area contributed by atoms with Crippen LogP contribution in [-0.4, -0.2) is 77.6 Å². The summed E-state index contributed by atoms with van der Waals surface area (Å²) in [7, 11) is 5.13. The van der Waals surface area contributed by atoms with Crippen LogP contribution in [0.2, 0.25) is 0 Å². The van der Waals surface area contributed by atoms with Crippen molar-refractivity contribution in [1.29, 1.82) is 0 Å². The van der Waals surface area contributed by atoms with E-state index in [2.05, 4.69) is 25.6 Å². The molecule has 282 valence electrons. The van der Waals surface area contributed by atoms with Crippen molar-refractivity contribution in [3.05, 3.63) is 110 Å². The first-order chi connectivity index (χ1) is 25.9. The molecule has 0 saturated heterocycles. The molecule has 0 fully saturated rings. The van der Waals surface area contributed by atoms with Crippen LogP contribution in [0.25, 0.3) is 20.6 Å². The third kappa shape index (κ3) is 9.10. The number of hydrogen-bond donors (Lipinski definition) is 2. The van der Waals surface area contributed by atoms with Crippen LogP contribution in [-0.2, 0) is 19.6 Å². The average Bonchev–Trinajstić information content (AvgIpc) is 3.74. The lowest BCUT2D eigenvalue weighted by Crippen LogP contribution is -2.37. The molecular formula is C37H35F4N7O4S2. The second kappa shape index (κ2) is 16.8. The third-order valence-electron chi connectivity index (χ3n) is 8.05. The van der Waals surface area contributed by atoms with Crippen molar-refractivity contribution in [3.8, 4) is 11.5 Å². The molecule has 0 unspecified atom stereocenters. The third-order valence-corrected chi connectivity index (χ3v) is 10.0. The normalized spacial score (nSPS) is 11.5. The fourth-order valence-electron chi connectivity index (χ4n) is 5.25. The zero-order valence-electron chi connectivity index (χ0n) is 29.6. The minimum Gasteiger partial charge on any atom is -0.483 e. The van der Waals surface area contributed by atoms with Crippen molar-refractivity contribution in [2.24, 2.45) is 0 Å². The van der Waals surface area contributed by atoms with E-state index in [1.165, 1.54) is 22.7 Å². The van der Waals surface area contributed by atoms with Crippen LogP contribution >= 0.6 is 22.7 Å². The summed E-state index contributed by atoms with van der Waals surface area (Å²) >= 11 is 2.64. The van der Waals surface area contributed by atoms with Gasteiger partial charge in [-0.3, -0.25) is 19.4 Å². The number of aromatic nitrogens is 3. The summed E-state index contributed by atoms with van der Waals surface area (Å²) in [6.45, 7) is 2.33. The first-order valence-electron chi connectivity index (χ1n) is 16.6. The highest BCUT2D eigenvalue weighted by atomic mass is 32.1. The van der Waals surface area contributed by atoms with E-state index in [0.29, 0.717) is 33.3 Å². The Hall–Kier alpha value is -5.23. The highest BCUT2D eigenvalue weighted by Gasteiger charge is 2.23. The molecule has 3 heterocycles. The largest absolute Gasteiger partial charge is 0.483 e. The number of fused-ring (bicyclic) bond motifs is 2. The summed E-state index contributed by atoms with van der Waals surface area (Å²) in [6, 6.07) is 11.9. The molecule has 0 aliphatic carbocycles. The summed E-state index contributed by atoms with van der Waals surface area (Å²) in [6.07, 6.45) is 2.19. The van der Waals surface area contributed by atoms with Gasteiger partial charge in [-0.15, -0.1) is 11.3 Å². The maximum absolute atomic E-state index is 15.3. The van der Waals surface area contributed by atoms with Gasteiger partial charge in [-0.05, 0) is 88.1 Å². The van der Waals surface area contributed by atoms with E-state index in [1.54, 1.807) is 37.1 Å². The van der Waals surface area contributed by atoms with Crippen molar-refractivity contribution >= 4 is 55.1 Å². The number of thiazole rings is 2. The number of aryl methyl sites for hydroxylation is 1. The van der Waals surface area contributed by atoms with Gasteiger partial charge >= 0.3 is 0 Å². The summed E-state index contributed by atoms with van der Waals surface area (Å²) in [5, 5.41) is 6.09. The van der Waals surface area contributed by atoms with Crippen LogP contribution in [0.1, 0.15) is 41.9 Å². The van der Waals surface area contributed by atoms with Crippen LogP contribution < -0.4 is 20.1 Å². The number of rotatable bonds is 15. The summed E-state index contributed by atoms with van der Waals surface area (Å²) in [4.78, 5) is 42.8. The molecule has 11 nitrogen and oxygen atoms in total. The molecule has 2 N–H and O–H groups in total. The fourth-order valence-corrected chi connectivity index (χ4v) is 6.91. The van der Waals surface area contributed by atoms with E-state index in [-0.39, 0.29) is 38.1 Å². The molecule has 0 bridgehead atoms. The molecule has 0 atom stereocenters. The van der Waals surface area contributed by atoms with Gasteiger partial charge in [0.05, 0.1) is 23.6 Å². The molecule has 3 aromatic carbocycles. The number of nitrogens with zero attached hydrogens (tertiary/aromatic N) is 5. The molecular weight excluding hydrogens is 747 g/mol. The molecule has 6 rings (SSSR count). The number of likely N-dealkylation sites (N-methyl/N-ethyl adjacent to an activating group) is 1. The Morgan fingerprint density at radius 3 is 1.98 bits per heavy atom. The quantitative estimate of drug-likeness (QED) is 0.0897. The topological polar surface area (TPSA) is 122 Å². The molecule has 0 spiro atoms. The number of benzene rings is 3. The van der Waals surface area contributed by atoms with Gasteiger partial charge in [0.15, 0.2) is 23.1 Å². The van der Waals surface area contributed by atoms with Gasteiger partial charge in [0.2, 0.25) is 0 Å². The molecule has 2 amide bonds. The minimum absolute atomic E-state index is 0.000746. The Bertz CT molecular complexity index is 2340. The van der Waals surface area contributed by atoms with Gasteiger partial charge in [-0.1, -0.05) is 17.4 Å². The maximum Gasteiger partial charge on any atom is 0.258 e. The lowest BCUT2D eigenvalue weighted by Gasteiger charge is -2.18. The predicted molar refractivity (Wildman–Crippen MR) is 198 cm³/mol. The van der Waals surface area contributed by atoms with Crippen molar-refractivity contribution in [3.63, 3.8) is 0 Å². The van der Waals surface area contributed by atoms with Crippen LogP contribution in [0.3, 0.4) is 0 Å². The number of carbonyl (C=O) groups is 2. The molecule has 0 aliphatic rings. The first-order valence-corrected chi connectivity index (χ1v) is 18.2. The first kappa shape index (κ1) is 38.5. The number of ether oxygens (including phenoxy) is 2. The Morgan fingerprint density at radius 2 is 1.35 bits per heavy atom. The number of pyridine rings is 1. The molecule has 0 saturated carbocycles. The standard InChI is InChI=1S/C37H35F4N7O4S2/c1-20-5-10-28-24(13-20)45-29(53-28)16-51-26-8-7-23(39)32(34(26)41)36(50)44-19-48(4)12-11-21-14-25-37(42-15-21)54-30(46-25)17-52-27-9-6-22(38)31(33(27)40)35(49)43-18-47(2)3/h5-10,13-15H,11-12,16-19H2,1-4H3,(H,43,49)(H,44,50). The number of hydrogen-bond acceptors (Lipinski definition) is 11. The predicted octanol–water partition coefficient (Wildman–Crippen LogP) is 6.43. The second-order valence-corrected chi connectivity index (χ2v) is 14.8. The Labute approximate surface area is 315 Å². The van der Waals surface area contributed by atoms with Crippen molar-refractivity contribution in [2.45, 2.75) is 26.6 Å². The lowest BCUT2D eigenvalue weighted by molar-refractivity contribution is 0.0914. The minimum atomic E-state index is -1.11. The van der Waals surface area contributed by atoms with E-state index < -0.39 is 46.2 Å². The van der Waals surface area contributed by atoms with E-state index >= 15 is 8.78 Å². The smallest absolute Gasteiger partial charge is 0.258 e. The second-order valence-electron chi connectivity index (χ2n) is 12.6.